The highest BCUT2D eigenvalue weighted by atomic mass is 16.5. The van der Waals surface area contributed by atoms with Crippen molar-refractivity contribution in [1.29, 1.82) is 0 Å². The monoisotopic (exact) mass is 380 g/mol. The molecular weight excluding hydrogens is 348 g/mol. The number of esters is 1. The number of ether oxygens (including phenoxy) is 2. The van der Waals surface area contributed by atoms with Crippen molar-refractivity contribution in [2.24, 2.45) is 11.3 Å². The van der Waals surface area contributed by atoms with Crippen molar-refractivity contribution >= 4 is 5.97 Å². The Labute approximate surface area is 169 Å². The van der Waals surface area contributed by atoms with E-state index in [1.807, 2.05) is 18.2 Å². The molecule has 28 heavy (non-hydrogen) atoms. The van der Waals surface area contributed by atoms with Gasteiger partial charge in [0.25, 0.3) is 0 Å². The van der Waals surface area contributed by atoms with Crippen LogP contribution in [-0.4, -0.2) is 18.7 Å². The maximum absolute atomic E-state index is 13.3. The van der Waals surface area contributed by atoms with Crippen molar-refractivity contribution in [2.75, 3.05) is 6.61 Å². The Morgan fingerprint density at radius 2 is 1.79 bits per heavy atom. The average molecular weight is 381 g/mol. The van der Waals surface area contributed by atoms with Crippen molar-refractivity contribution in [3.05, 3.63) is 71.3 Å². The van der Waals surface area contributed by atoms with Crippen LogP contribution in [0.2, 0.25) is 0 Å². The van der Waals surface area contributed by atoms with Gasteiger partial charge in [0.2, 0.25) is 0 Å². The summed E-state index contributed by atoms with van der Waals surface area (Å²) in [6.07, 6.45) is 3.26. The van der Waals surface area contributed by atoms with Gasteiger partial charge in [-0.25, -0.2) is 0 Å². The van der Waals surface area contributed by atoms with Crippen molar-refractivity contribution in [1.82, 2.24) is 0 Å². The molecule has 0 heterocycles. The van der Waals surface area contributed by atoms with E-state index in [1.165, 1.54) is 11.1 Å². The summed E-state index contributed by atoms with van der Waals surface area (Å²) in [6.45, 7) is 7.20. The molecule has 0 radical (unpaired) electrons. The summed E-state index contributed by atoms with van der Waals surface area (Å²) in [4.78, 5) is 13.3. The minimum Gasteiger partial charge on any atom is -0.465 e. The van der Waals surface area contributed by atoms with Gasteiger partial charge < -0.3 is 9.47 Å². The largest absolute Gasteiger partial charge is 0.465 e. The van der Waals surface area contributed by atoms with Crippen LogP contribution >= 0.6 is 0 Å². The molecule has 150 valence electrons. The van der Waals surface area contributed by atoms with E-state index >= 15 is 0 Å². The number of hydrogen-bond donors (Lipinski definition) is 0. The first-order chi connectivity index (χ1) is 13.5. The number of benzene rings is 2. The normalized spacial score (nSPS) is 21.8. The number of aryl methyl sites for hydroxylation is 1. The van der Waals surface area contributed by atoms with E-state index in [0.717, 1.165) is 24.8 Å². The van der Waals surface area contributed by atoms with Gasteiger partial charge in [0.1, 0.15) is 0 Å². The second-order valence-corrected chi connectivity index (χ2v) is 8.49. The summed E-state index contributed by atoms with van der Waals surface area (Å²) < 4.78 is 12.1. The summed E-state index contributed by atoms with van der Waals surface area (Å²) >= 11 is 0. The molecule has 0 aromatic heterocycles. The molecule has 3 rings (SSSR count). The van der Waals surface area contributed by atoms with Crippen LogP contribution in [0.15, 0.2) is 54.6 Å². The molecule has 0 saturated heterocycles. The lowest BCUT2D eigenvalue weighted by Gasteiger charge is -2.33. The summed E-state index contributed by atoms with van der Waals surface area (Å²) in [5, 5.41) is 0. The Morgan fingerprint density at radius 3 is 2.46 bits per heavy atom. The van der Waals surface area contributed by atoms with Gasteiger partial charge in [-0.2, -0.15) is 0 Å². The predicted molar refractivity (Wildman–Crippen MR) is 112 cm³/mol. The molecule has 1 saturated carbocycles. The molecular formula is C25H32O3. The van der Waals surface area contributed by atoms with Gasteiger partial charge in [-0.15, -0.1) is 0 Å². The highest BCUT2D eigenvalue weighted by Crippen LogP contribution is 2.44. The molecule has 1 fully saturated rings. The predicted octanol–water partition coefficient (Wildman–Crippen LogP) is 5.49. The van der Waals surface area contributed by atoms with Gasteiger partial charge in [-0.3, -0.25) is 4.79 Å². The van der Waals surface area contributed by atoms with Crippen LogP contribution in [0.4, 0.5) is 0 Å². The Bertz CT molecular complexity index is 751. The van der Waals surface area contributed by atoms with E-state index in [9.17, 15) is 4.79 Å². The van der Waals surface area contributed by atoms with E-state index < -0.39 is 5.41 Å². The van der Waals surface area contributed by atoms with Gasteiger partial charge >= 0.3 is 5.97 Å². The standard InChI is InChI=1S/C25H32O3/c1-19(2)17-28-24(26)25(16-21-13-11-20(3)12-14-21)15-7-10-23(25)27-18-22-8-5-4-6-9-22/h4-6,8-9,11-14,19,23H,7,10,15-18H2,1-3H3. The van der Waals surface area contributed by atoms with Crippen molar-refractivity contribution < 1.29 is 14.3 Å². The van der Waals surface area contributed by atoms with Crippen molar-refractivity contribution in [3.63, 3.8) is 0 Å². The molecule has 0 bridgehead atoms. The molecule has 2 unspecified atom stereocenters. The average Bonchev–Trinajstić information content (AvgIpc) is 3.10. The summed E-state index contributed by atoms with van der Waals surface area (Å²) in [5.41, 5.74) is 2.93. The molecule has 2 atom stereocenters. The molecule has 0 N–H and O–H groups in total. The molecule has 2 aromatic rings. The zero-order valence-electron chi connectivity index (χ0n) is 17.3. The second kappa shape index (κ2) is 9.38. The second-order valence-electron chi connectivity index (χ2n) is 8.49. The molecule has 0 spiro atoms. The van der Waals surface area contributed by atoms with E-state index in [2.05, 4.69) is 57.2 Å². The summed E-state index contributed by atoms with van der Waals surface area (Å²) in [6, 6.07) is 18.6. The summed E-state index contributed by atoms with van der Waals surface area (Å²) in [5.74, 6) is 0.225. The number of carbonyl (C=O) groups excluding carboxylic acids is 1. The molecule has 1 aliphatic carbocycles. The van der Waals surface area contributed by atoms with E-state index in [-0.39, 0.29) is 12.1 Å². The molecule has 0 aliphatic heterocycles. The lowest BCUT2D eigenvalue weighted by molar-refractivity contribution is -0.166. The molecule has 2 aromatic carbocycles. The van der Waals surface area contributed by atoms with E-state index in [1.54, 1.807) is 0 Å². The van der Waals surface area contributed by atoms with Crippen LogP contribution in [0.1, 0.15) is 49.8 Å². The SMILES string of the molecule is Cc1ccc(CC2(C(=O)OCC(C)C)CCCC2OCc2ccccc2)cc1. The minimum absolute atomic E-state index is 0.0997. The highest BCUT2D eigenvalue weighted by molar-refractivity contribution is 5.78. The van der Waals surface area contributed by atoms with E-state index in [4.69, 9.17) is 9.47 Å². The Kier molecular flexibility index (Phi) is 6.90. The quantitative estimate of drug-likeness (QED) is 0.568. The lowest BCUT2D eigenvalue weighted by atomic mass is 9.78. The minimum atomic E-state index is -0.598. The first-order valence-corrected chi connectivity index (χ1v) is 10.4. The fraction of sp³-hybridized carbons (Fsp3) is 0.480. The van der Waals surface area contributed by atoms with Gasteiger partial charge in [0, 0.05) is 0 Å². The molecule has 0 amide bonds. The number of rotatable bonds is 8. The van der Waals surface area contributed by atoms with Crippen LogP contribution in [0, 0.1) is 18.3 Å². The van der Waals surface area contributed by atoms with E-state index in [0.29, 0.717) is 25.6 Å². The summed E-state index contributed by atoms with van der Waals surface area (Å²) in [7, 11) is 0. The van der Waals surface area contributed by atoms with Crippen molar-refractivity contribution in [3.8, 4) is 0 Å². The van der Waals surface area contributed by atoms with Gasteiger partial charge in [-0.1, -0.05) is 74.0 Å². The fourth-order valence-corrected chi connectivity index (χ4v) is 4.02. The molecule has 3 nitrogen and oxygen atoms in total. The van der Waals surface area contributed by atoms with Crippen LogP contribution in [0.5, 0.6) is 0 Å². The topological polar surface area (TPSA) is 35.5 Å². The zero-order chi connectivity index (χ0) is 20.0. The number of carbonyl (C=O) groups is 1. The van der Waals surface area contributed by atoms with Crippen molar-refractivity contribution in [2.45, 2.75) is 59.2 Å². The van der Waals surface area contributed by atoms with Gasteiger partial charge in [-0.05, 0) is 49.7 Å². The first-order valence-electron chi connectivity index (χ1n) is 10.4. The smallest absolute Gasteiger partial charge is 0.315 e. The van der Waals surface area contributed by atoms with Gasteiger partial charge in [0.05, 0.1) is 24.7 Å². The van der Waals surface area contributed by atoms with Crippen LogP contribution < -0.4 is 0 Å². The third-order valence-corrected chi connectivity index (χ3v) is 5.59. The maximum Gasteiger partial charge on any atom is 0.315 e. The Balaban J connectivity index is 1.80. The van der Waals surface area contributed by atoms with Gasteiger partial charge in [0.15, 0.2) is 0 Å². The fourth-order valence-electron chi connectivity index (χ4n) is 4.02. The number of hydrogen-bond acceptors (Lipinski definition) is 3. The molecule has 1 aliphatic rings. The molecule has 3 heteroatoms. The lowest BCUT2D eigenvalue weighted by Crippen LogP contribution is -2.43. The zero-order valence-corrected chi connectivity index (χ0v) is 17.3. The third kappa shape index (κ3) is 5.02. The maximum atomic E-state index is 13.3. The first kappa shape index (κ1) is 20.6. The highest BCUT2D eigenvalue weighted by Gasteiger charge is 2.51. The Hall–Kier alpha value is -2.13. The Morgan fingerprint density at radius 1 is 1.07 bits per heavy atom. The van der Waals surface area contributed by atoms with Crippen LogP contribution in [0.3, 0.4) is 0 Å². The van der Waals surface area contributed by atoms with Crippen LogP contribution in [-0.2, 0) is 27.3 Å². The third-order valence-electron chi connectivity index (χ3n) is 5.59. The van der Waals surface area contributed by atoms with Crippen LogP contribution in [0.25, 0.3) is 0 Å².